The standard InChI is InChI=1S/C18H23F3N4O3/c19-13-7-11(1-4-14(13)24-5-6-28-10-17(24)26)23-18(27)15(8-22)25(9-16(20)21)12-2-3-12/h1,4,7,12,15-16H,2-3,5-6,8-10,22H2,(H,23,27)/t15-/m0/s1. The summed E-state index contributed by atoms with van der Waals surface area (Å²) in [6.07, 6.45) is -1.09. The molecule has 1 aromatic carbocycles. The number of hydrogen-bond acceptors (Lipinski definition) is 5. The van der Waals surface area contributed by atoms with Crippen molar-refractivity contribution < 1.29 is 27.5 Å². The molecule has 154 valence electrons. The molecule has 0 spiro atoms. The molecule has 10 heteroatoms. The predicted octanol–water partition coefficient (Wildman–Crippen LogP) is 1.18. The van der Waals surface area contributed by atoms with Crippen LogP contribution in [-0.2, 0) is 14.3 Å². The molecule has 0 aromatic heterocycles. The van der Waals surface area contributed by atoms with E-state index in [4.69, 9.17) is 10.5 Å². The van der Waals surface area contributed by atoms with Gasteiger partial charge in [0.2, 0.25) is 5.91 Å². The predicted molar refractivity (Wildman–Crippen MR) is 96.8 cm³/mol. The number of rotatable bonds is 8. The Balaban J connectivity index is 1.70. The molecule has 1 aliphatic carbocycles. The molecule has 1 aromatic rings. The van der Waals surface area contributed by atoms with E-state index in [0.717, 1.165) is 18.9 Å². The number of ether oxygens (including phenoxy) is 1. The molecule has 0 bridgehead atoms. The highest BCUT2D eigenvalue weighted by atomic mass is 19.3. The number of nitrogens with zero attached hydrogens (tertiary/aromatic N) is 2. The van der Waals surface area contributed by atoms with Crippen LogP contribution in [0.4, 0.5) is 24.5 Å². The van der Waals surface area contributed by atoms with Gasteiger partial charge < -0.3 is 20.7 Å². The van der Waals surface area contributed by atoms with Gasteiger partial charge in [-0.15, -0.1) is 0 Å². The Morgan fingerprint density at radius 2 is 2.14 bits per heavy atom. The first-order chi connectivity index (χ1) is 13.4. The van der Waals surface area contributed by atoms with Crippen molar-refractivity contribution in [2.24, 2.45) is 5.73 Å². The number of morpholine rings is 1. The molecule has 1 atom stereocenters. The van der Waals surface area contributed by atoms with Crippen molar-refractivity contribution in [3.05, 3.63) is 24.0 Å². The molecule has 1 heterocycles. The topological polar surface area (TPSA) is 87.9 Å². The molecule has 7 nitrogen and oxygen atoms in total. The normalized spacial score (nSPS) is 18.6. The lowest BCUT2D eigenvalue weighted by Crippen LogP contribution is -2.51. The van der Waals surface area contributed by atoms with Crippen molar-refractivity contribution in [3.8, 4) is 0 Å². The maximum absolute atomic E-state index is 14.5. The van der Waals surface area contributed by atoms with Crippen molar-refractivity contribution in [2.75, 3.05) is 43.1 Å². The second kappa shape index (κ2) is 8.89. The average Bonchev–Trinajstić information content (AvgIpc) is 3.47. The largest absolute Gasteiger partial charge is 0.370 e. The molecule has 0 unspecified atom stereocenters. The summed E-state index contributed by atoms with van der Waals surface area (Å²) >= 11 is 0. The Kier molecular flexibility index (Phi) is 6.53. The van der Waals surface area contributed by atoms with Gasteiger partial charge in [0.25, 0.3) is 12.3 Å². The van der Waals surface area contributed by atoms with Crippen molar-refractivity contribution in [1.82, 2.24) is 4.90 Å². The van der Waals surface area contributed by atoms with Crippen LogP contribution in [0.2, 0.25) is 0 Å². The minimum atomic E-state index is -2.58. The Morgan fingerprint density at radius 1 is 1.39 bits per heavy atom. The average molecular weight is 400 g/mol. The zero-order valence-electron chi connectivity index (χ0n) is 15.2. The van der Waals surface area contributed by atoms with Crippen LogP contribution in [0, 0.1) is 5.82 Å². The number of carbonyl (C=O) groups excluding carboxylic acids is 2. The fourth-order valence-electron chi connectivity index (χ4n) is 3.29. The quantitative estimate of drug-likeness (QED) is 0.684. The number of alkyl halides is 2. The van der Waals surface area contributed by atoms with E-state index in [9.17, 15) is 22.8 Å². The Labute approximate surface area is 160 Å². The summed E-state index contributed by atoms with van der Waals surface area (Å²) < 4.78 is 45.2. The summed E-state index contributed by atoms with van der Waals surface area (Å²) in [5, 5.41) is 2.54. The van der Waals surface area contributed by atoms with Gasteiger partial charge in [-0.3, -0.25) is 14.5 Å². The molecule has 2 amide bonds. The zero-order chi connectivity index (χ0) is 20.3. The SMILES string of the molecule is NC[C@@H](C(=O)Nc1ccc(N2CCOCC2=O)c(F)c1)N(CC(F)F)C1CC1. The molecule has 3 N–H and O–H groups in total. The van der Waals surface area contributed by atoms with Crippen LogP contribution in [-0.4, -0.2) is 68.1 Å². The molecular weight excluding hydrogens is 377 g/mol. The lowest BCUT2D eigenvalue weighted by molar-refractivity contribution is -0.125. The van der Waals surface area contributed by atoms with Gasteiger partial charge in [-0.25, -0.2) is 13.2 Å². The number of carbonyl (C=O) groups is 2. The number of anilines is 2. The highest BCUT2D eigenvalue weighted by Crippen LogP contribution is 2.30. The van der Waals surface area contributed by atoms with Crippen molar-refractivity contribution >= 4 is 23.2 Å². The maximum Gasteiger partial charge on any atom is 0.253 e. The van der Waals surface area contributed by atoms with E-state index < -0.39 is 30.7 Å². The highest BCUT2D eigenvalue weighted by Gasteiger charge is 2.38. The Bertz CT molecular complexity index is 730. The summed E-state index contributed by atoms with van der Waals surface area (Å²) in [4.78, 5) is 27.1. The van der Waals surface area contributed by atoms with Gasteiger partial charge in [-0.05, 0) is 31.0 Å². The van der Waals surface area contributed by atoms with Gasteiger partial charge in [0, 0.05) is 24.8 Å². The number of amides is 2. The monoisotopic (exact) mass is 400 g/mol. The van der Waals surface area contributed by atoms with Crippen molar-refractivity contribution in [2.45, 2.75) is 31.4 Å². The van der Waals surface area contributed by atoms with Crippen LogP contribution < -0.4 is 16.0 Å². The first kappa shape index (κ1) is 20.6. The van der Waals surface area contributed by atoms with Gasteiger partial charge >= 0.3 is 0 Å². The van der Waals surface area contributed by atoms with Gasteiger partial charge in [-0.1, -0.05) is 0 Å². The van der Waals surface area contributed by atoms with Gasteiger partial charge in [0.05, 0.1) is 18.8 Å². The maximum atomic E-state index is 14.5. The highest BCUT2D eigenvalue weighted by molar-refractivity contribution is 5.97. The number of nitrogens with one attached hydrogen (secondary N) is 1. The molecule has 3 rings (SSSR count). The van der Waals surface area contributed by atoms with Gasteiger partial charge in [0.1, 0.15) is 18.5 Å². The summed E-state index contributed by atoms with van der Waals surface area (Å²) in [7, 11) is 0. The summed E-state index contributed by atoms with van der Waals surface area (Å²) in [6.45, 7) is -0.231. The molecule has 2 aliphatic rings. The lowest BCUT2D eigenvalue weighted by atomic mass is 10.2. The number of hydrogen-bond donors (Lipinski definition) is 2. The minimum absolute atomic E-state index is 0.0836. The minimum Gasteiger partial charge on any atom is -0.370 e. The zero-order valence-corrected chi connectivity index (χ0v) is 15.2. The van der Waals surface area contributed by atoms with E-state index in [-0.39, 0.29) is 43.0 Å². The van der Waals surface area contributed by atoms with E-state index in [2.05, 4.69) is 5.32 Å². The fourth-order valence-corrected chi connectivity index (χ4v) is 3.29. The molecule has 1 aliphatic heterocycles. The molecule has 2 fully saturated rings. The van der Waals surface area contributed by atoms with Gasteiger partial charge in [0.15, 0.2) is 0 Å². The summed E-state index contributed by atoms with van der Waals surface area (Å²) in [5.41, 5.74) is 5.92. The van der Waals surface area contributed by atoms with Crippen LogP contribution >= 0.6 is 0 Å². The Morgan fingerprint density at radius 3 is 2.71 bits per heavy atom. The molecule has 1 saturated heterocycles. The van der Waals surface area contributed by atoms with E-state index in [1.165, 1.54) is 21.9 Å². The van der Waals surface area contributed by atoms with E-state index in [0.29, 0.717) is 6.61 Å². The van der Waals surface area contributed by atoms with E-state index >= 15 is 0 Å². The Hall–Kier alpha value is -2.17. The van der Waals surface area contributed by atoms with E-state index in [1.807, 2.05) is 0 Å². The van der Waals surface area contributed by atoms with Crippen LogP contribution in [0.25, 0.3) is 0 Å². The third kappa shape index (κ3) is 4.81. The number of benzene rings is 1. The molecule has 1 saturated carbocycles. The van der Waals surface area contributed by atoms with Crippen LogP contribution in [0.5, 0.6) is 0 Å². The van der Waals surface area contributed by atoms with Crippen molar-refractivity contribution in [1.29, 1.82) is 0 Å². The van der Waals surface area contributed by atoms with Crippen LogP contribution in [0.15, 0.2) is 18.2 Å². The molecule has 28 heavy (non-hydrogen) atoms. The first-order valence-corrected chi connectivity index (χ1v) is 9.13. The number of nitrogens with two attached hydrogens (primary N) is 1. The second-order valence-corrected chi connectivity index (χ2v) is 6.82. The van der Waals surface area contributed by atoms with Crippen LogP contribution in [0.1, 0.15) is 12.8 Å². The third-order valence-corrected chi connectivity index (χ3v) is 4.78. The lowest BCUT2D eigenvalue weighted by Gasteiger charge is -2.30. The fraction of sp³-hybridized carbons (Fsp3) is 0.556. The molecule has 0 radical (unpaired) electrons. The van der Waals surface area contributed by atoms with Crippen LogP contribution in [0.3, 0.4) is 0 Å². The van der Waals surface area contributed by atoms with Gasteiger partial charge in [-0.2, -0.15) is 0 Å². The third-order valence-electron chi connectivity index (χ3n) is 4.78. The summed E-state index contributed by atoms with van der Waals surface area (Å²) in [5.74, 6) is -1.59. The smallest absolute Gasteiger partial charge is 0.253 e. The van der Waals surface area contributed by atoms with Crippen molar-refractivity contribution in [3.63, 3.8) is 0 Å². The first-order valence-electron chi connectivity index (χ1n) is 9.13. The second-order valence-electron chi connectivity index (χ2n) is 6.82. The molecular formula is C18H23F3N4O3. The van der Waals surface area contributed by atoms with E-state index in [1.54, 1.807) is 0 Å². The number of halogens is 3. The summed E-state index contributed by atoms with van der Waals surface area (Å²) in [6, 6.07) is 2.94.